The molecule has 1 atom stereocenters. The van der Waals surface area contributed by atoms with Crippen molar-refractivity contribution in [3.05, 3.63) is 63.5 Å². The number of carbonyl (C=O) groups excluding carboxylic acids is 1. The summed E-state index contributed by atoms with van der Waals surface area (Å²) in [6.45, 7) is 1.88. The van der Waals surface area contributed by atoms with Gasteiger partial charge in [0.1, 0.15) is 5.82 Å². The van der Waals surface area contributed by atoms with Gasteiger partial charge in [0.15, 0.2) is 0 Å². The summed E-state index contributed by atoms with van der Waals surface area (Å²) in [5.74, 6) is 1.08. The first-order valence-corrected chi connectivity index (χ1v) is 9.59. The Morgan fingerprint density at radius 2 is 1.85 bits per heavy atom. The number of nitrogens with one attached hydrogen (secondary N) is 1. The van der Waals surface area contributed by atoms with Gasteiger partial charge in [0.2, 0.25) is 5.91 Å². The first kappa shape index (κ1) is 17.3. The zero-order valence-corrected chi connectivity index (χ0v) is 15.9. The Kier molecular flexibility index (Phi) is 4.60. The smallest absolute Gasteiger partial charge is 0.252 e. The van der Waals surface area contributed by atoms with Gasteiger partial charge in [0.25, 0.3) is 5.95 Å². The standard InChI is InChI=1S/C17H13Cl2N5OS/c1-9-13-15(14-10(18)4-2-5-11(14)19)26-8-12(25)22-16(13)24(23-9)17-20-6-3-7-21-17/h2-7,15H,8H2,1H3,(H,22,25). The van der Waals surface area contributed by atoms with E-state index in [1.807, 2.05) is 6.92 Å². The molecule has 0 spiro atoms. The van der Waals surface area contributed by atoms with Crippen molar-refractivity contribution in [1.82, 2.24) is 19.7 Å². The minimum atomic E-state index is -0.234. The van der Waals surface area contributed by atoms with Crippen LogP contribution in [0.25, 0.3) is 5.95 Å². The SMILES string of the molecule is Cc1nn(-c2ncccn2)c2c1C(c1c(Cl)cccc1Cl)SCC(=O)N2. The highest BCUT2D eigenvalue weighted by Crippen LogP contribution is 2.47. The van der Waals surface area contributed by atoms with Crippen LogP contribution in [0.15, 0.2) is 36.7 Å². The van der Waals surface area contributed by atoms with Gasteiger partial charge in [0, 0.05) is 33.6 Å². The first-order valence-electron chi connectivity index (χ1n) is 7.78. The van der Waals surface area contributed by atoms with Gasteiger partial charge in [-0.15, -0.1) is 11.8 Å². The monoisotopic (exact) mass is 405 g/mol. The number of carbonyl (C=O) groups is 1. The second kappa shape index (κ2) is 6.90. The molecular weight excluding hydrogens is 393 g/mol. The van der Waals surface area contributed by atoms with Crippen molar-refractivity contribution in [2.24, 2.45) is 0 Å². The molecule has 1 amide bonds. The van der Waals surface area contributed by atoms with E-state index in [2.05, 4.69) is 20.4 Å². The lowest BCUT2D eigenvalue weighted by Crippen LogP contribution is -2.16. The minimum Gasteiger partial charge on any atom is -0.309 e. The molecule has 1 N–H and O–H groups in total. The molecule has 1 unspecified atom stereocenters. The number of halogens is 2. The zero-order chi connectivity index (χ0) is 18.3. The number of anilines is 1. The van der Waals surface area contributed by atoms with Crippen LogP contribution in [0.5, 0.6) is 0 Å². The van der Waals surface area contributed by atoms with Crippen molar-refractivity contribution < 1.29 is 4.79 Å². The molecule has 3 aromatic rings. The van der Waals surface area contributed by atoms with Gasteiger partial charge in [-0.1, -0.05) is 29.3 Å². The molecule has 4 rings (SSSR count). The van der Waals surface area contributed by atoms with Gasteiger partial charge in [-0.2, -0.15) is 9.78 Å². The van der Waals surface area contributed by atoms with Crippen molar-refractivity contribution in [3.8, 4) is 5.95 Å². The van der Waals surface area contributed by atoms with Gasteiger partial charge in [-0.25, -0.2) is 9.97 Å². The minimum absolute atomic E-state index is 0.126. The normalized spacial score (nSPS) is 16.7. The third-order valence-corrected chi connectivity index (χ3v) is 5.90. The molecule has 6 nitrogen and oxygen atoms in total. The second-order valence-corrected chi connectivity index (χ2v) is 7.59. The largest absolute Gasteiger partial charge is 0.309 e. The van der Waals surface area contributed by atoms with Crippen LogP contribution in [0.4, 0.5) is 5.82 Å². The summed E-state index contributed by atoms with van der Waals surface area (Å²) in [5, 5.41) is 8.35. The van der Waals surface area contributed by atoms with E-state index in [0.29, 0.717) is 21.8 Å². The van der Waals surface area contributed by atoms with Crippen LogP contribution in [0.1, 0.15) is 22.1 Å². The molecule has 0 bridgehead atoms. The summed E-state index contributed by atoms with van der Waals surface area (Å²) in [6, 6.07) is 7.11. The number of nitrogens with zero attached hydrogens (tertiary/aromatic N) is 4. The number of benzene rings is 1. The molecule has 132 valence electrons. The number of fused-ring (bicyclic) bond motifs is 1. The van der Waals surface area contributed by atoms with Gasteiger partial charge >= 0.3 is 0 Å². The fourth-order valence-corrected chi connectivity index (χ4v) is 4.92. The summed E-state index contributed by atoms with van der Waals surface area (Å²) in [6.07, 6.45) is 3.25. The summed E-state index contributed by atoms with van der Waals surface area (Å²) in [7, 11) is 0. The summed E-state index contributed by atoms with van der Waals surface area (Å²) < 4.78 is 1.55. The fraction of sp³-hybridized carbons (Fsp3) is 0.176. The lowest BCUT2D eigenvalue weighted by Gasteiger charge is -2.18. The number of hydrogen-bond donors (Lipinski definition) is 1. The molecule has 0 aliphatic carbocycles. The van der Waals surface area contributed by atoms with Crippen LogP contribution >= 0.6 is 35.0 Å². The average Bonchev–Trinajstić information content (AvgIpc) is 2.83. The van der Waals surface area contributed by atoms with Crippen LogP contribution in [0.3, 0.4) is 0 Å². The lowest BCUT2D eigenvalue weighted by molar-refractivity contribution is -0.113. The Balaban J connectivity index is 1.95. The molecule has 0 fully saturated rings. The van der Waals surface area contributed by atoms with Crippen LogP contribution in [-0.2, 0) is 4.79 Å². The Morgan fingerprint density at radius 1 is 1.15 bits per heavy atom. The molecule has 0 saturated heterocycles. The van der Waals surface area contributed by atoms with Crippen molar-refractivity contribution in [3.63, 3.8) is 0 Å². The number of aryl methyl sites for hydroxylation is 1. The second-order valence-electron chi connectivity index (χ2n) is 5.68. The molecule has 1 aliphatic heterocycles. The number of hydrogen-bond acceptors (Lipinski definition) is 5. The third-order valence-electron chi connectivity index (χ3n) is 4.01. The molecule has 0 radical (unpaired) electrons. The molecule has 1 aromatic carbocycles. The Hall–Kier alpha value is -2.09. The molecule has 3 heterocycles. The van der Waals surface area contributed by atoms with Crippen molar-refractivity contribution in [2.75, 3.05) is 11.1 Å². The lowest BCUT2D eigenvalue weighted by atomic mass is 10.0. The van der Waals surface area contributed by atoms with Crippen molar-refractivity contribution in [1.29, 1.82) is 0 Å². The number of thioether (sulfide) groups is 1. The summed E-state index contributed by atoms with van der Waals surface area (Å²) in [5.41, 5.74) is 2.38. The van der Waals surface area contributed by atoms with Gasteiger partial charge in [-0.3, -0.25) is 4.79 Å². The van der Waals surface area contributed by atoms with Crippen LogP contribution in [0.2, 0.25) is 10.0 Å². The van der Waals surface area contributed by atoms with Gasteiger partial charge < -0.3 is 5.32 Å². The topological polar surface area (TPSA) is 72.7 Å². The molecule has 9 heteroatoms. The van der Waals surface area contributed by atoms with E-state index in [-0.39, 0.29) is 16.9 Å². The fourth-order valence-electron chi connectivity index (χ4n) is 2.92. The molecular formula is C17H13Cl2N5OS. The predicted molar refractivity (Wildman–Crippen MR) is 103 cm³/mol. The van der Waals surface area contributed by atoms with E-state index in [1.54, 1.807) is 41.3 Å². The molecule has 2 aromatic heterocycles. The van der Waals surface area contributed by atoms with Gasteiger partial charge in [-0.05, 0) is 25.1 Å². The Bertz CT molecular complexity index is 972. The van der Waals surface area contributed by atoms with E-state index < -0.39 is 0 Å². The van der Waals surface area contributed by atoms with E-state index >= 15 is 0 Å². The maximum absolute atomic E-state index is 12.3. The predicted octanol–water partition coefficient (Wildman–Crippen LogP) is 4.05. The van der Waals surface area contributed by atoms with Crippen molar-refractivity contribution >= 4 is 46.7 Å². The Morgan fingerprint density at radius 3 is 2.54 bits per heavy atom. The highest BCUT2D eigenvalue weighted by atomic mass is 35.5. The quantitative estimate of drug-likeness (QED) is 0.695. The summed E-state index contributed by atoms with van der Waals surface area (Å²) >= 11 is 14.3. The van der Waals surface area contributed by atoms with Crippen molar-refractivity contribution in [2.45, 2.75) is 12.2 Å². The van der Waals surface area contributed by atoms with Crippen LogP contribution in [-0.4, -0.2) is 31.4 Å². The highest BCUT2D eigenvalue weighted by Gasteiger charge is 2.33. The highest BCUT2D eigenvalue weighted by molar-refractivity contribution is 8.00. The molecule has 0 saturated carbocycles. The number of rotatable bonds is 2. The van der Waals surface area contributed by atoms with E-state index in [0.717, 1.165) is 16.8 Å². The summed E-state index contributed by atoms with van der Waals surface area (Å²) in [4.78, 5) is 20.8. The zero-order valence-electron chi connectivity index (χ0n) is 13.6. The number of aromatic nitrogens is 4. The third kappa shape index (κ3) is 2.96. The first-order chi connectivity index (χ1) is 12.6. The Labute approximate surface area is 163 Å². The van der Waals surface area contributed by atoms with Gasteiger partial charge in [0.05, 0.1) is 16.7 Å². The molecule has 1 aliphatic rings. The van der Waals surface area contributed by atoms with E-state index in [9.17, 15) is 4.79 Å². The van der Waals surface area contributed by atoms with E-state index in [1.165, 1.54) is 11.8 Å². The van der Waals surface area contributed by atoms with E-state index in [4.69, 9.17) is 23.2 Å². The maximum Gasteiger partial charge on any atom is 0.252 e. The number of amides is 1. The maximum atomic E-state index is 12.3. The van der Waals surface area contributed by atoms with Crippen LogP contribution < -0.4 is 5.32 Å². The van der Waals surface area contributed by atoms with Crippen LogP contribution in [0, 0.1) is 6.92 Å². The average molecular weight is 406 g/mol. The molecule has 26 heavy (non-hydrogen) atoms.